The Labute approximate surface area is 131 Å². The molecule has 0 saturated heterocycles. The number of hydrogen-bond donors (Lipinski definition) is 2. The number of nitrogens with two attached hydrogens (primary N) is 2. The van der Waals surface area contributed by atoms with Crippen LogP contribution >= 0.6 is 12.4 Å². The fourth-order valence-corrected chi connectivity index (χ4v) is 2.98. The highest BCUT2D eigenvalue weighted by Crippen LogP contribution is 2.23. The van der Waals surface area contributed by atoms with Gasteiger partial charge in [0.25, 0.3) is 5.91 Å². The third kappa shape index (κ3) is 4.71. The number of sulfone groups is 1. The zero-order valence-corrected chi connectivity index (χ0v) is 13.8. The normalized spacial score (nSPS) is 10.6. The Morgan fingerprint density at radius 2 is 1.67 bits per heavy atom. The summed E-state index contributed by atoms with van der Waals surface area (Å²) in [5.74, 6) is -0.980. The lowest BCUT2D eigenvalue weighted by Crippen LogP contribution is -2.24. The van der Waals surface area contributed by atoms with Crippen molar-refractivity contribution in [2.75, 3.05) is 6.26 Å². The standard InChI is InChI=1S/C13H19N3O3S.ClH/c1-4-8-6-9(5-2)11(20(3,18)19)7-10(8)12(17)16-13(14)15;/h6-7H,4-5H2,1-3H3,(H4,14,15,16,17);1H. The molecule has 0 atom stereocenters. The Morgan fingerprint density at radius 3 is 2.05 bits per heavy atom. The first-order valence-corrected chi connectivity index (χ1v) is 8.09. The number of benzene rings is 1. The second kappa shape index (κ2) is 7.42. The third-order valence-corrected chi connectivity index (χ3v) is 4.09. The number of amides is 1. The van der Waals surface area contributed by atoms with Crippen LogP contribution in [0.15, 0.2) is 22.0 Å². The molecule has 21 heavy (non-hydrogen) atoms. The lowest BCUT2D eigenvalue weighted by molar-refractivity contribution is 0.100. The first-order valence-electron chi connectivity index (χ1n) is 6.20. The monoisotopic (exact) mass is 333 g/mol. The highest BCUT2D eigenvalue weighted by molar-refractivity contribution is 7.90. The van der Waals surface area contributed by atoms with Crippen LogP contribution in [0.4, 0.5) is 0 Å². The molecule has 0 aromatic heterocycles. The van der Waals surface area contributed by atoms with Crippen molar-refractivity contribution in [2.24, 2.45) is 16.5 Å². The van der Waals surface area contributed by atoms with Gasteiger partial charge in [-0.1, -0.05) is 19.9 Å². The number of carbonyl (C=O) groups excluding carboxylic acids is 1. The number of nitrogens with zero attached hydrogens (tertiary/aromatic N) is 1. The number of rotatable bonds is 4. The van der Waals surface area contributed by atoms with E-state index in [1.54, 1.807) is 6.07 Å². The van der Waals surface area contributed by atoms with Crippen LogP contribution in [0.3, 0.4) is 0 Å². The molecule has 0 spiro atoms. The molecule has 0 radical (unpaired) electrons. The van der Waals surface area contributed by atoms with Gasteiger partial charge >= 0.3 is 0 Å². The third-order valence-electron chi connectivity index (χ3n) is 2.91. The van der Waals surface area contributed by atoms with Gasteiger partial charge in [0, 0.05) is 11.8 Å². The molecular weight excluding hydrogens is 314 g/mol. The maximum atomic E-state index is 12.0. The van der Waals surface area contributed by atoms with Crippen molar-refractivity contribution >= 4 is 34.1 Å². The molecule has 1 amide bonds. The molecule has 0 fully saturated rings. The summed E-state index contributed by atoms with van der Waals surface area (Å²) in [6.45, 7) is 3.74. The van der Waals surface area contributed by atoms with Crippen molar-refractivity contribution in [2.45, 2.75) is 31.6 Å². The molecule has 8 heteroatoms. The summed E-state index contributed by atoms with van der Waals surface area (Å²) in [7, 11) is -3.42. The topological polar surface area (TPSA) is 116 Å². The Hall–Kier alpha value is -1.60. The number of aryl methyl sites for hydroxylation is 2. The molecule has 0 unspecified atom stereocenters. The Bertz CT molecular complexity index is 665. The summed E-state index contributed by atoms with van der Waals surface area (Å²) in [5, 5.41) is 0. The van der Waals surface area contributed by atoms with E-state index >= 15 is 0 Å². The van der Waals surface area contributed by atoms with Crippen LogP contribution in [0, 0.1) is 0 Å². The van der Waals surface area contributed by atoms with Crippen LogP contribution in [0.2, 0.25) is 0 Å². The van der Waals surface area contributed by atoms with Gasteiger partial charge in [-0.15, -0.1) is 12.4 Å². The molecule has 0 saturated carbocycles. The van der Waals surface area contributed by atoms with Gasteiger partial charge in [-0.05, 0) is 30.0 Å². The molecule has 0 aliphatic heterocycles. The average molecular weight is 334 g/mol. The van der Waals surface area contributed by atoms with Crippen molar-refractivity contribution in [3.63, 3.8) is 0 Å². The Morgan fingerprint density at radius 1 is 1.14 bits per heavy atom. The van der Waals surface area contributed by atoms with Crippen LogP contribution in [0.5, 0.6) is 0 Å². The highest BCUT2D eigenvalue weighted by atomic mass is 35.5. The second-order valence-corrected chi connectivity index (χ2v) is 6.42. The molecule has 118 valence electrons. The van der Waals surface area contributed by atoms with Gasteiger partial charge in [0.1, 0.15) is 0 Å². The first kappa shape index (κ1) is 19.4. The number of guanidine groups is 1. The summed E-state index contributed by atoms with van der Waals surface area (Å²) in [4.78, 5) is 15.6. The molecule has 4 N–H and O–H groups in total. The summed E-state index contributed by atoms with van der Waals surface area (Å²) in [6.07, 6.45) is 2.26. The number of aliphatic imine (C=N–C) groups is 1. The second-order valence-electron chi connectivity index (χ2n) is 4.44. The fraction of sp³-hybridized carbons (Fsp3) is 0.385. The zero-order valence-electron chi connectivity index (χ0n) is 12.2. The summed E-state index contributed by atoms with van der Waals surface area (Å²) in [6, 6.07) is 3.09. The lowest BCUT2D eigenvalue weighted by Gasteiger charge is -2.12. The molecular formula is C13H20ClN3O3S. The molecule has 6 nitrogen and oxygen atoms in total. The van der Waals surface area contributed by atoms with Gasteiger partial charge in [0.2, 0.25) is 0 Å². The van der Waals surface area contributed by atoms with Gasteiger partial charge in [-0.2, -0.15) is 4.99 Å². The SMILES string of the molecule is CCc1cc(CC)c(S(C)(=O)=O)cc1C(=O)N=C(N)N.Cl. The maximum Gasteiger partial charge on any atom is 0.280 e. The van der Waals surface area contributed by atoms with Crippen LogP contribution in [0.25, 0.3) is 0 Å². The van der Waals surface area contributed by atoms with Crippen molar-refractivity contribution in [1.29, 1.82) is 0 Å². The van der Waals surface area contributed by atoms with E-state index in [-0.39, 0.29) is 28.8 Å². The molecule has 0 bridgehead atoms. The minimum absolute atomic E-state index is 0. The minimum atomic E-state index is -3.42. The average Bonchev–Trinajstić information content (AvgIpc) is 2.34. The Kier molecular flexibility index (Phi) is 6.85. The smallest absolute Gasteiger partial charge is 0.280 e. The molecule has 1 aromatic rings. The van der Waals surface area contributed by atoms with Gasteiger partial charge in [-0.3, -0.25) is 4.79 Å². The van der Waals surface area contributed by atoms with Gasteiger partial charge in [-0.25, -0.2) is 8.42 Å². The van der Waals surface area contributed by atoms with E-state index in [2.05, 4.69) is 4.99 Å². The lowest BCUT2D eigenvalue weighted by atomic mass is 10.00. The zero-order chi connectivity index (χ0) is 15.5. The van der Waals surface area contributed by atoms with Gasteiger partial charge in [0.05, 0.1) is 4.90 Å². The van der Waals surface area contributed by atoms with E-state index in [4.69, 9.17) is 11.5 Å². The number of hydrogen-bond acceptors (Lipinski definition) is 3. The predicted molar refractivity (Wildman–Crippen MR) is 85.7 cm³/mol. The molecule has 0 heterocycles. The minimum Gasteiger partial charge on any atom is -0.370 e. The van der Waals surface area contributed by atoms with E-state index < -0.39 is 15.7 Å². The van der Waals surface area contributed by atoms with E-state index in [1.165, 1.54) is 6.07 Å². The van der Waals surface area contributed by atoms with Crippen LogP contribution < -0.4 is 11.5 Å². The van der Waals surface area contributed by atoms with Crippen LogP contribution in [-0.2, 0) is 22.7 Å². The molecule has 1 rings (SSSR count). The summed E-state index contributed by atoms with van der Waals surface area (Å²) in [5.41, 5.74) is 12.0. The van der Waals surface area contributed by atoms with Gasteiger partial charge in [0.15, 0.2) is 15.8 Å². The maximum absolute atomic E-state index is 12.0. The molecule has 1 aromatic carbocycles. The predicted octanol–water partition coefficient (Wildman–Crippen LogP) is 1.05. The molecule has 0 aliphatic carbocycles. The Balaban J connectivity index is 0.00000400. The van der Waals surface area contributed by atoms with E-state index in [1.807, 2.05) is 13.8 Å². The quantitative estimate of drug-likeness (QED) is 0.631. The van der Waals surface area contributed by atoms with Crippen molar-refractivity contribution in [3.8, 4) is 0 Å². The van der Waals surface area contributed by atoms with E-state index in [9.17, 15) is 13.2 Å². The van der Waals surface area contributed by atoms with Gasteiger partial charge < -0.3 is 11.5 Å². The fourth-order valence-electron chi connectivity index (χ4n) is 1.97. The van der Waals surface area contributed by atoms with Crippen molar-refractivity contribution in [1.82, 2.24) is 0 Å². The number of halogens is 1. The molecule has 0 aliphatic rings. The highest BCUT2D eigenvalue weighted by Gasteiger charge is 2.19. The summed E-state index contributed by atoms with van der Waals surface area (Å²) >= 11 is 0. The van der Waals surface area contributed by atoms with Crippen LogP contribution in [0.1, 0.15) is 35.3 Å². The largest absolute Gasteiger partial charge is 0.370 e. The van der Waals surface area contributed by atoms with Crippen LogP contribution in [-0.4, -0.2) is 26.5 Å². The van der Waals surface area contributed by atoms with Crippen molar-refractivity contribution in [3.05, 3.63) is 28.8 Å². The van der Waals surface area contributed by atoms with Crippen molar-refractivity contribution < 1.29 is 13.2 Å². The summed E-state index contributed by atoms with van der Waals surface area (Å²) < 4.78 is 23.6. The van der Waals surface area contributed by atoms with E-state index in [0.29, 0.717) is 18.4 Å². The number of carbonyl (C=O) groups is 1. The van der Waals surface area contributed by atoms with E-state index in [0.717, 1.165) is 11.8 Å². The first-order chi connectivity index (χ1) is 9.20.